The SMILES string of the molecule is COC(=O)c1nc(C2CC2)nc(NCC(c2ccccc2)c2ccccc2)c1Cl. The average Bonchev–Trinajstić information content (AvgIpc) is 3.61. The van der Waals surface area contributed by atoms with Crippen molar-refractivity contribution in [2.24, 2.45) is 0 Å². The monoisotopic (exact) mass is 407 g/mol. The van der Waals surface area contributed by atoms with Crippen LogP contribution in [0.2, 0.25) is 5.02 Å². The van der Waals surface area contributed by atoms with Crippen LogP contribution in [0.3, 0.4) is 0 Å². The second-order valence-electron chi connectivity index (χ2n) is 7.11. The Labute approximate surface area is 175 Å². The molecule has 1 aromatic heterocycles. The van der Waals surface area contributed by atoms with E-state index in [4.69, 9.17) is 16.3 Å². The number of benzene rings is 2. The zero-order chi connectivity index (χ0) is 20.2. The minimum absolute atomic E-state index is 0.106. The molecule has 5 nitrogen and oxygen atoms in total. The molecule has 0 amide bonds. The molecule has 29 heavy (non-hydrogen) atoms. The molecular weight excluding hydrogens is 386 g/mol. The summed E-state index contributed by atoms with van der Waals surface area (Å²) in [5, 5.41) is 3.56. The van der Waals surface area contributed by atoms with Gasteiger partial charge >= 0.3 is 5.97 Å². The lowest BCUT2D eigenvalue weighted by Crippen LogP contribution is -2.17. The number of halogens is 1. The molecule has 0 radical (unpaired) electrons. The zero-order valence-electron chi connectivity index (χ0n) is 16.1. The maximum Gasteiger partial charge on any atom is 0.358 e. The van der Waals surface area contributed by atoms with Crippen molar-refractivity contribution in [2.45, 2.75) is 24.7 Å². The van der Waals surface area contributed by atoms with Crippen molar-refractivity contribution >= 4 is 23.4 Å². The summed E-state index contributed by atoms with van der Waals surface area (Å²) in [6, 6.07) is 20.6. The summed E-state index contributed by atoms with van der Waals surface area (Å²) in [7, 11) is 1.32. The predicted octanol–water partition coefficient (Wildman–Crippen LogP) is 5.04. The van der Waals surface area contributed by atoms with E-state index >= 15 is 0 Å². The number of anilines is 1. The molecule has 148 valence electrons. The number of nitrogens with zero attached hydrogens (tertiary/aromatic N) is 2. The highest BCUT2D eigenvalue weighted by Crippen LogP contribution is 2.40. The second-order valence-corrected chi connectivity index (χ2v) is 7.49. The molecule has 1 heterocycles. The smallest absolute Gasteiger partial charge is 0.358 e. The topological polar surface area (TPSA) is 64.1 Å². The van der Waals surface area contributed by atoms with Crippen molar-refractivity contribution in [2.75, 3.05) is 19.0 Å². The maximum atomic E-state index is 12.1. The molecule has 3 aromatic rings. The Bertz CT molecular complexity index is 952. The minimum Gasteiger partial charge on any atom is -0.464 e. The lowest BCUT2D eigenvalue weighted by Gasteiger charge is -2.20. The Morgan fingerprint density at radius 3 is 2.17 bits per heavy atom. The lowest BCUT2D eigenvalue weighted by atomic mass is 9.91. The van der Waals surface area contributed by atoms with Crippen LogP contribution >= 0.6 is 11.6 Å². The number of aromatic nitrogens is 2. The van der Waals surface area contributed by atoms with Crippen LogP contribution in [0.15, 0.2) is 60.7 Å². The fourth-order valence-electron chi connectivity index (χ4n) is 3.34. The van der Waals surface area contributed by atoms with E-state index in [9.17, 15) is 4.79 Å². The molecule has 0 bridgehead atoms. The Morgan fingerprint density at radius 2 is 1.66 bits per heavy atom. The van der Waals surface area contributed by atoms with Gasteiger partial charge in [0.15, 0.2) is 5.69 Å². The maximum absolute atomic E-state index is 12.1. The Kier molecular flexibility index (Phi) is 5.76. The zero-order valence-corrected chi connectivity index (χ0v) is 16.9. The molecular formula is C23H22ClN3O2. The Hall–Kier alpha value is -2.92. The van der Waals surface area contributed by atoms with Gasteiger partial charge in [-0.1, -0.05) is 72.3 Å². The number of hydrogen-bond donors (Lipinski definition) is 1. The third kappa shape index (κ3) is 4.40. The van der Waals surface area contributed by atoms with E-state index in [0.717, 1.165) is 12.8 Å². The molecule has 0 saturated heterocycles. The van der Waals surface area contributed by atoms with Gasteiger partial charge in [-0.15, -0.1) is 0 Å². The molecule has 0 atom stereocenters. The van der Waals surface area contributed by atoms with Crippen LogP contribution in [0, 0.1) is 0 Å². The van der Waals surface area contributed by atoms with E-state index in [-0.39, 0.29) is 22.6 Å². The molecule has 0 aliphatic heterocycles. The number of rotatable bonds is 7. The number of hydrogen-bond acceptors (Lipinski definition) is 5. The largest absolute Gasteiger partial charge is 0.464 e. The second kappa shape index (κ2) is 8.62. The van der Waals surface area contributed by atoms with Gasteiger partial charge in [0.1, 0.15) is 16.7 Å². The molecule has 1 N–H and O–H groups in total. The van der Waals surface area contributed by atoms with Crippen molar-refractivity contribution in [3.8, 4) is 0 Å². The lowest BCUT2D eigenvalue weighted by molar-refractivity contribution is 0.0593. The van der Waals surface area contributed by atoms with E-state index in [2.05, 4.69) is 39.6 Å². The molecule has 1 saturated carbocycles. The van der Waals surface area contributed by atoms with Gasteiger partial charge in [0.2, 0.25) is 0 Å². The summed E-state index contributed by atoms with van der Waals surface area (Å²) in [6.07, 6.45) is 2.05. The predicted molar refractivity (Wildman–Crippen MR) is 114 cm³/mol. The first-order valence-corrected chi connectivity index (χ1v) is 10.0. The van der Waals surface area contributed by atoms with Gasteiger partial charge in [0.25, 0.3) is 0 Å². The van der Waals surface area contributed by atoms with Crippen LogP contribution in [0.25, 0.3) is 0 Å². The number of esters is 1. The molecule has 2 aromatic carbocycles. The van der Waals surface area contributed by atoms with Crippen molar-refractivity contribution in [1.82, 2.24) is 9.97 Å². The van der Waals surface area contributed by atoms with E-state index in [1.54, 1.807) is 0 Å². The summed E-state index contributed by atoms with van der Waals surface area (Å²) in [4.78, 5) is 21.1. The van der Waals surface area contributed by atoms with Crippen molar-refractivity contribution in [3.05, 3.63) is 88.3 Å². The summed E-state index contributed by atoms with van der Waals surface area (Å²) in [6.45, 7) is 0.579. The first-order chi connectivity index (χ1) is 14.2. The van der Waals surface area contributed by atoms with Crippen LogP contribution in [0.5, 0.6) is 0 Å². The van der Waals surface area contributed by atoms with E-state index in [1.165, 1.54) is 18.2 Å². The van der Waals surface area contributed by atoms with E-state index in [0.29, 0.717) is 18.2 Å². The number of nitrogens with one attached hydrogen (secondary N) is 1. The van der Waals surface area contributed by atoms with Gasteiger partial charge < -0.3 is 10.1 Å². The highest BCUT2D eigenvalue weighted by Gasteiger charge is 2.30. The Morgan fingerprint density at radius 1 is 1.07 bits per heavy atom. The quantitative estimate of drug-likeness (QED) is 0.556. The highest BCUT2D eigenvalue weighted by molar-refractivity contribution is 6.35. The molecule has 1 fully saturated rings. The number of carbonyl (C=O) groups is 1. The minimum atomic E-state index is -0.551. The fourth-order valence-corrected chi connectivity index (χ4v) is 3.56. The van der Waals surface area contributed by atoms with Gasteiger partial charge in [0.05, 0.1) is 7.11 Å². The third-order valence-corrected chi connectivity index (χ3v) is 5.43. The third-order valence-electron chi connectivity index (χ3n) is 5.07. The van der Waals surface area contributed by atoms with Crippen LogP contribution in [-0.2, 0) is 4.74 Å². The average molecular weight is 408 g/mol. The fraction of sp³-hybridized carbons (Fsp3) is 0.261. The number of ether oxygens (including phenoxy) is 1. The molecule has 1 aliphatic rings. The van der Waals surface area contributed by atoms with Crippen molar-refractivity contribution in [1.29, 1.82) is 0 Å². The normalized spacial score (nSPS) is 13.3. The van der Waals surface area contributed by atoms with Crippen LogP contribution in [0.1, 0.15) is 52.1 Å². The number of carbonyl (C=O) groups excluding carboxylic acids is 1. The van der Waals surface area contributed by atoms with E-state index < -0.39 is 5.97 Å². The van der Waals surface area contributed by atoms with Gasteiger partial charge in [-0.2, -0.15) is 0 Å². The number of methoxy groups -OCH3 is 1. The summed E-state index contributed by atoms with van der Waals surface area (Å²) in [5.41, 5.74) is 2.49. The van der Waals surface area contributed by atoms with Crippen LogP contribution in [0.4, 0.5) is 5.82 Å². The molecule has 1 aliphatic carbocycles. The van der Waals surface area contributed by atoms with Crippen LogP contribution < -0.4 is 5.32 Å². The Balaban J connectivity index is 1.65. The van der Waals surface area contributed by atoms with Gasteiger partial charge in [0, 0.05) is 18.4 Å². The first-order valence-electron chi connectivity index (χ1n) is 9.67. The summed E-state index contributed by atoms with van der Waals surface area (Å²) < 4.78 is 4.85. The van der Waals surface area contributed by atoms with Crippen LogP contribution in [-0.4, -0.2) is 29.6 Å². The van der Waals surface area contributed by atoms with Crippen molar-refractivity contribution < 1.29 is 9.53 Å². The van der Waals surface area contributed by atoms with Gasteiger partial charge in [-0.3, -0.25) is 0 Å². The summed E-state index contributed by atoms with van der Waals surface area (Å²) in [5.74, 6) is 0.962. The van der Waals surface area contributed by atoms with Crippen molar-refractivity contribution in [3.63, 3.8) is 0 Å². The highest BCUT2D eigenvalue weighted by atomic mass is 35.5. The first kappa shape index (κ1) is 19.4. The molecule has 0 spiro atoms. The molecule has 4 rings (SSSR count). The summed E-state index contributed by atoms with van der Waals surface area (Å²) >= 11 is 6.47. The van der Waals surface area contributed by atoms with Gasteiger partial charge in [-0.25, -0.2) is 14.8 Å². The molecule has 6 heteroatoms. The molecule has 0 unspecified atom stereocenters. The van der Waals surface area contributed by atoms with E-state index in [1.807, 2.05) is 36.4 Å². The standard InChI is InChI=1S/C23H22ClN3O2/c1-29-23(28)20-19(24)22(27-21(26-20)17-12-13-17)25-14-18(15-8-4-2-5-9-15)16-10-6-3-7-11-16/h2-11,17-18H,12-14H2,1H3,(H,25,26,27). The van der Waals surface area contributed by atoms with Gasteiger partial charge in [-0.05, 0) is 24.0 Å².